The number of pyridine rings is 1. The highest BCUT2D eigenvalue weighted by atomic mass is 35.5. The minimum atomic E-state index is 0.680. The van der Waals surface area contributed by atoms with E-state index in [0.29, 0.717) is 5.02 Å². The molecule has 0 unspecified atom stereocenters. The predicted octanol–water partition coefficient (Wildman–Crippen LogP) is 3.72. The lowest BCUT2D eigenvalue weighted by Gasteiger charge is -1.99. The van der Waals surface area contributed by atoms with E-state index in [2.05, 4.69) is 21.8 Å². The fourth-order valence-corrected chi connectivity index (χ4v) is 2.46. The molecule has 0 aliphatic rings. The van der Waals surface area contributed by atoms with Crippen molar-refractivity contribution < 1.29 is 0 Å². The fraction of sp³-hybridized carbons (Fsp3) is 0. The summed E-state index contributed by atoms with van der Waals surface area (Å²) < 4.78 is 2.00. The van der Waals surface area contributed by atoms with E-state index in [0.717, 1.165) is 11.3 Å². The van der Waals surface area contributed by atoms with Crippen LogP contribution in [0.3, 0.4) is 0 Å². The Morgan fingerprint density at radius 2 is 2.27 bits per heavy atom. The minimum Gasteiger partial charge on any atom is -0.298 e. The maximum Gasteiger partial charge on any atom is 0.156 e. The van der Waals surface area contributed by atoms with Crippen molar-refractivity contribution in [1.29, 1.82) is 0 Å². The summed E-state index contributed by atoms with van der Waals surface area (Å²) in [4.78, 5) is 4.31. The van der Waals surface area contributed by atoms with Crippen LogP contribution >= 0.6 is 22.9 Å². The van der Waals surface area contributed by atoms with E-state index in [-0.39, 0.29) is 0 Å². The molecule has 0 atom stereocenters. The third-order valence-electron chi connectivity index (χ3n) is 2.31. The van der Waals surface area contributed by atoms with Gasteiger partial charge in [0.2, 0.25) is 0 Å². The molecular formula is C11H7ClN2S. The summed E-state index contributed by atoms with van der Waals surface area (Å²) in [5.74, 6) is 0. The number of imidazole rings is 1. The van der Waals surface area contributed by atoms with Gasteiger partial charge in [-0.15, -0.1) is 0 Å². The molecule has 3 heterocycles. The molecule has 0 bridgehead atoms. The van der Waals surface area contributed by atoms with Crippen LogP contribution < -0.4 is 0 Å². The molecular weight excluding hydrogens is 228 g/mol. The van der Waals surface area contributed by atoms with Crippen molar-refractivity contribution in [1.82, 2.24) is 9.38 Å². The molecule has 0 fully saturated rings. The van der Waals surface area contributed by atoms with Crippen molar-refractivity contribution in [3.63, 3.8) is 0 Å². The summed E-state index contributed by atoms with van der Waals surface area (Å²) in [6.45, 7) is 0. The standard InChI is InChI=1S/C11H7ClN2S/c12-9-2-1-4-14-10(6-13-11(9)14)8-3-5-15-7-8/h1-7H. The van der Waals surface area contributed by atoms with Gasteiger partial charge in [0.05, 0.1) is 16.9 Å². The molecule has 0 N–H and O–H groups in total. The first-order valence-corrected chi connectivity index (χ1v) is 5.82. The Kier molecular flexibility index (Phi) is 2.01. The Morgan fingerprint density at radius 1 is 1.33 bits per heavy atom. The van der Waals surface area contributed by atoms with E-state index in [9.17, 15) is 0 Å². The van der Waals surface area contributed by atoms with Gasteiger partial charge in [0, 0.05) is 17.1 Å². The third-order valence-corrected chi connectivity index (χ3v) is 3.28. The van der Waals surface area contributed by atoms with Gasteiger partial charge in [-0.2, -0.15) is 11.3 Å². The first-order chi connectivity index (χ1) is 7.36. The predicted molar refractivity (Wildman–Crippen MR) is 63.5 cm³/mol. The summed E-state index contributed by atoms with van der Waals surface area (Å²) in [5, 5.41) is 4.84. The molecule has 0 saturated heterocycles. The molecule has 0 spiro atoms. The molecule has 0 aliphatic heterocycles. The highest BCUT2D eigenvalue weighted by Crippen LogP contribution is 2.25. The Hall–Kier alpha value is -1.32. The van der Waals surface area contributed by atoms with Crippen LogP contribution in [0.1, 0.15) is 0 Å². The molecule has 0 amide bonds. The normalized spacial score (nSPS) is 11.0. The highest BCUT2D eigenvalue weighted by molar-refractivity contribution is 7.08. The third kappa shape index (κ3) is 1.35. The molecule has 2 nitrogen and oxygen atoms in total. The molecule has 74 valence electrons. The van der Waals surface area contributed by atoms with Crippen molar-refractivity contribution in [2.45, 2.75) is 0 Å². The summed E-state index contributed by atoms with van der Waals surface area (Å²) in [7, 11) is 0. The van der Waals surface area contributed by atoms with Gasteiger partial charge in [-0.25, -0.2) is 4.98 Å². The minimum absolute atomic E-state index is 0.680. The Labute approximate surface area is 95.8 Å². The van der Waals surface area contributed by atoms with Crippen LogP contribution in [0, 0.1) is 0 Å². The van der Waals surface area contributed by atoms with Crippen molar-refractivity contribution in [2.75, 3.05) is 0 Å². The van der Waals surface area contributed by atoms with Gasteiger partial charge in [-0.05, 0) is 23.6 Å². The molecule has 0 aliphatic carbocycles. The zero-order valence-electron chi connectivity index (χ0n) is 7.72. The molecule has 15 heavy (non-hydrogen) atoms. The lowest BCUT2D eigenvalue weighted by Crippen LogP contribution is -1.86. The van der Waals surface area contributed by atoms with E-state index in [4.69, 9.17) is 11.6 Å². The van der Waals surface area contributed by atoms with Crippen LogP contribution in [0.15, 0.2) is 41.4 Å². The fourth-order valence-electron chi connectivity index (χ4n) is 1.60. The number of hydrogen-bond acceptors (Lipinski definition) is 2. The number of nitrogens with zero attached hydrogens (tertiary/aromatic N) is 2. The number of aromatic nitrogens is 2. The number of halogens is 1. The maximum atomic E-state index is 6.05. The summed E-state index contributed by atoms with van der Waals surface area (Å²) in [5.41, 5.74) is 3.06. The summed E-state index contributed by atoms with van der Waals surface area (Å²) >= 11 is 7.73. The monoisotopic (exact) mass is 234 g/mol. The van der Waals surface area contributed by atoms with Gasteiger partial charge >= 0.3 is 0 Å². The zero-order chi connectivity index (χ0) is 10.3. The topological polar surface area (TPSA) is 17.3 Å². The molecule has 3 rings (SSSR count). The Balaban J connectivity index is 2.34. The first kappa shape index (κ1) is 8.95. The van der Waals surface area contributed by atoms with Gasteiger partial charge in [0.15, 0.2) is 5.65 Å². The van der Waals surface area contributed by atoms with Gasteiger partial charge in [-0.3, -0.25) is 4.40 Å². The maximum absolute atomic E-state index is 6.05. The second kappa shape index (κ2) is 3.36. The van der Waals surface area contributed by atoms with E-state index >= 15 is 0 Å². The molecule has 0 saturated carbocycles. The van der Waals surface area contributed by atoms with Crippen LogP contribution in [0.4, 0.5) is 0 Å². The number of fused-ring (bicyclic) bond motifs is 1. The van der Waals surface area contributed by atoms with Crippen LogP contribution in [0.5, 0.6) is 0 Å². The summed E-state index contributed by atoms with van der Waals surface area (Å²) in [6, 6.07) is 5.85. The number of hydrogen-bond donors (Lipinski definition) is 0. The van der Waals surface area contributed by atoms with Gasteiger partial charge in [0.25, 0.3) is 0 Å². The second-order valence-corrected chi connectivity index (χ2v) is 4.39. The van der Waals surface area contributed by atoms with Gasteiger partial charge in [0.1, 0.15) is 0 Å². The average molecular weight is 235 g/mol. The van der Waals surface area contributed by atoms with Crippen LogP contribution in [-0.4, -0.2) is 9.38 Å². The van der Waals surface area contributed by atoms with Crippen LogP contribution in [0.25, 0.3) is 16.9 Å². The van der Waals surface area contributed by atoms with E-state index in [1.165, 1.54) is 5.56 Å². The average Bonchev–Trinajstić information content (AvgIpc) is 2.85. The summed E-state index contributed by atoms with van der Waals surface area (Å²) in [6.07, 6.45) is 3.82. The lowest BCUT2D eigenvalue weighted by molar-refractivity contribution is 1.19. The van der Waals surface area contributed by atoms with E-state index < -0.39 is 0 Å². The van der Waals surface area contributed by atoms with Crippen molar-refractivity contribution in [3.8, 4) is 11.3 Å². The SMILES string of the molecule is Clc1cccn2c(-c3ccsc3)cnc12. The molecule has 3 aromatic rings. The van der Waals surface area contributed by atoms with Gasteiger partial charge < -0.3 is 0 Å². The van der Waals surface area contributed by atoms with E-state index in [1.807, 2.05) is 28.9 Å². The molecule has 4 heteroatoms. The van der Waals surface area contributed by atoms with Gasteiger partial charge in [-0.1, -0.05) is 11.6 Å². The lowest BCUT2D eigenvalue weighted by atomic mass is 10.2. The second-order valence-electron chi connectivity index (χ2n) is 3.21. The number of thiophene rings is 1. The zero-order valence-corrected chi connectivity index (χ0v) is 9.29. The Bertz CT molecular complexity index is 598. The number of rotatable bonds is 1. The first-order valence-electron chi connectivity index (χ1n) is 4.50. The smallest absolute Gasteiger partial charge is 0.156 e. The van der Waals surface area contributed by atoms with Crippen molar-refractivity contribution >= 4 is 28.6 Å². The van der Waals surface area contributed by atoms with Crippen LogP contribution in [-0.2, 0) is 0 Å². The quantitative estimate of drug-likeness (QED) is 0.627. The Morgan fingerprint density at radius 3 is 3.07 bits per heavy atom. The van der Waals surface area contributed by atoms with Crippen molar-refractivity contribution in [3.05, 3.63) is 46.4 Å². The highest BCUT2D eigenvalue weighted by Gasteiger charge is 2.07. The largest absolute Gasteiger partial charge is 0.298 e. The van der Waals surface area contributed by atoms with E-state index in [1.54, 1.807) is 11.3 Å². The molecule has 0 radical (unpaired) electrons. The molecule has 3 aromatic heterocycles. The van der Waals surface area contributed by atoms with Crippen LogP contribution in [0.2, 0.25) is 5.02 Å². The molecule has 0 aromatic carbocycles. The van der Waals surface area contributed by atoms with Crippen molar-refractivity contribution in [2.24, 2.45) is 0 Å².